The number of hydrogen-bond donors (Lipinski definition) is 1. The van der Waals surface area contributed by atoms with Gasteiger partial charge in [-0.15, -0.1) is 0 Å². The minimum Gasteiger partial charge on any atom is -0.340 e. The van der Waals surface area contributed by atoms with Gasteiger partial charge in [0.25, 0.3) is 0 Å². The molecule has 0 spiro atoms. The Hall–Kier alpha value is -0.570. The van der Waals surface area contributed by atoms with Crippen molar-refractivity contribution in [1.29, 1.82) is 0 Å². The summed E-state index contributed by atoms with van der Waals surface area (Å²) in [5.74, 6) is 1.12. The van der Waals surface area contributed by atoms with E-state index in [-0.39, 0.29) is 5.92 Å². The van der Waals surface area contributed by atoms with Crippen molar-refractivity contribution in [2.75, 3.05) is 19.6 Å². The number of carbonyl (C=O) groups excluding carboxylic acids is 1. The number of nitrogens with zero attached hydrogens (tertiary/aromatic N) is 1. The Morgan fingerprint density at radius 2 is 2.14 bits per heavy atom. The summed E-state index contributed by atoms with van der Waals surface area (Å²) in [5, 5.41) is 3.29. The third-order valence-electron chi connectivity index (χ3n) is 3.67. The highest BCUT2D eigenvalue weighted by Gasteiger charge is 2.35. The SMILES string of the molecule is CC1CCCN1C(=O)[C@@H]1CNC[C@H]1C. The summed E-state index contributed by atoms with van der Waals surface area (Å²) in [6.07, 6.45) is 2.36. The van der Waals surface area contributed by atoms with Crippen molar-refractivity contribution in [1.82, 2.24) is 10.2 Å². The highest BCUT2D eigenvalue weighted by atomic mass is 16.2. The second-order valence-electron chi connectivity index (χ2n) is 4.76. The van der Waals surface area contributed by atoms with Crippen LogP contribution in [0.1, 0.15) is 26.7 Å². The normalized spacial score (nSPS) is 37.9. The van der Waals surface area contributed by atoms with Gasteiger partial charge in [-0.25, -0.2) is 0 Å². The minimum atomic E-state index is 0.232. The summed E-state index contributed by atoms with van der Waals surface area (Å²) >= 11 is 0. The molecule has 1 unspecified atom stereocenters. The molecule has 0 aliphatic carbocycles. The fourth-order valence-electron chi connectivity index (χ4n) is 2.61. The molecule has 3 atom stereocenters. The van der Waals surface area contributed by atoms with Crippen molar-refractivity contribution in [2.45, 2.75) is 32.7 Å². The molecule has 1 amide bonds. The minimum absolute atomic E-state index is 0.232. The molecule has 0 saturated carbocycles. The monoisotopic (exact) mass is 196 g/mol. The Kier molecular flexibility index (Phi) is 2.77. The Morgan fingerprint density at radius 1 is 1.36 bits per heavy atom. The predicted octanol–water partition coefficient (Wildman–Crippen LogP) is 0.853. The van der Waals surface area contributed by atoms with Crippen LogP contribution in [0.15, 0.2) is 0 Å². The second-order valence-corrected chi connectivity index (χ2v) is 4.76. The topological polar surface area (TPSA) is 32.3 Å². The maximum Gasteiger partial charge on any atom is 0.227 e. The zero-order valence-electron chi connectivity index (χ0n) is 9.12. The van der Waals surface area contributed by atoms with E-state index >= 15 is 0 Å². The molecule has 3 heteroatoms. The van der Waals surface area contributed by atoms with Crippen molar-refractivity contribution in [3.63, 3.8) is 0 Å². The maximum absolute atomic E-state index is 12.2. The first-order valence-electron chi connectivity index (χ1n) is 5.71. The van der Waals surface area contributed by atoms with Crippen LogP contribution in [0.25, 0.3) is 0 Å². The summed E-state index contributed by atoms with van der Waals surface area (Å²) in [5.41, 5.74) is 0. The van der Waals surface area contributed by atoms with Gasteiger partial charge >= 0.3 is 0 Å². The van der Waals surface area contributed by atoms with Gasteiger partial charge in [0.05, 0.1) is 5.92 Å². The molecule has 2 saturated heterocycles. The molecule has 1 N–H and O–H groups in total. The van der Waals surface area contributed by atoms with Gasteiger partial charge < -0.3 is 10.2 Å². The molecule has 0 aromatic carbocycles. The first-order chi connectivity index (χ1) is 6.70. The molecule has 3 nitrogen and oxygen atoms in total. The van der Waals surface area contributed by atoms with E-state index in [1.807, 2.05) is 0 Å². The summed E-state index contributed by atoms with van der Waals surface area (Å²) in [6.45, 7) is 7.19. The quantitative estimate of drug-likeness (QED) is 0.674. The van der Waals surface area contributed by atoms with Crippen LogP contribution in [0.2, 0.25) is 0 Å². The van der Waals surface area contributed by atoms with E-state index in [0.717, 1.165) is 19.6 Å². The summed E-state index contributed by atoms with van der Waals surface area (Å²) in [4.78, 5) is 14.2. The fourth-order valence-corrected chi connectivity index (χ4v) is 2.61. The van der Waals surface area contributed by atoms with Gasteiger partial charge in [0.1, 0.15) is 0 Å². The van der Waals surface area contributed by atoms with Crippen LogP contribution in [0.5, 0.6) is 0 Å². The number of nitrogens with one attached hydrogen (secondary N) is 1. The molecule has 2 aliphatic rings. The Bertz CT molecular complexity index is 207. The Morgan fingerprint density at radius 3 is 2.64 bits per heavy atom. The van der Waals surface area contributed by atoms with Gasteiger partial charge in [-0.05, 0) is 32.2 Å². The number of carbonyl (C=O) groups is 1. The fraction of sp³-hybridized carbons (Fsp3) is 0.909. The van der Waals surface area contributed by atoms with Crippen molar-refractivity contribution < 1.29 is 4.79 Å². The number of rotatable bonds is 1. The summed E-state index contributed by atoms with van der Waals surface area (Å²) in [7, 11) is 0. The molecule has 2 fully saturated rings. The Balaban J connectivity index is 2.00. The highest BCUT2D eigenvalue weighted by molar-refractivity contribution is 5.80. The standard InChI is InChI=1S/C11H20N2O/c1-8-6-12-7-10(8)11(14)13-5-3-4-9(13)2/h8-10,12H,3-7H2,1-2H3/t8-,9?,10-/m1/s1. The van der Waals surface area contributed by atoms with Crippen molar-refractivity contribution in [3.05, 3.63) is 0 Å². The van der Waals surface area contributed by atoms with Crippen molar-refractivity contribution >= 4 is 5.91 Å². The molecule has 2 rings (SSSR count). The zero-order chi connectivity index (χ0) is 10.1. The van der Waals surface area contributed by atoms with Gasteiger partial charge in [-0.1, -0.05) is 6.92 Å². The molecule has 0 aromatic rings. The van der Waals surface area contributed by atoms with Crippen LogP contribution >= 0.6 is 0 Å². The van der Waals surface area contributed by atoms with Crippen LogP contribution in [0, 0.1) is 11.8 Å². The number of likely N-dealkylation sites (tertiary alicyclic amines) is 1. The van der Waals surface area contributed by atoms with Crippen LogP contribution in [0.3, 0.4) is 0 Å². The zero-order valence-corrected chi connectivity index (χ0v) is 9.12. The van der Waals surface area contributed by atoms with Crippen molar-refractivity contribution in [3.8, 4) is 0 Å². The van der Waals surface area contributed by atoms with E-state index in [4.69, 9.17) is 0 Å². The number of hydrogen-bond acceptors (Lipinski definition) is 2. The van der Waals surface area contributed by atoms with Gasteiger partial charge in [0.2, 0.25) is 5.91 Å². The number of amides is 1. The van der Waals surface area contributed by atoms with Gasteiger partial charge in [-0.2, -0.15) is 0 Å². The molecule has 0 bridgehead atoms. The van der Waals surface area contributed by atoms with E-state index in [2.05, 4.69) is 24.1 Å². The average molecular weight is 196 g/mol. The van der Waals surface area contributed by atoms with Crippen LogP contribution < -0.4 is 5.32 Å². The Labute approximate surface area is 85.8 Å². The van der Waals surface area contributed by atoms with Crippen LogP contribution in [-0.2, 0) is 4.79 Å². The predicted molar refractivity (Wildman–Crippen MR) is 55.9 cm³/mol. The smallest absolute Gasteiger partial charge is 0.227 e. The van der Waals surface area contributed by atoms with Crippen LogP contribution in [-0.4, -0.2) is 36.5 Å². The first kappa shape index (κ1) is 9.97. The molecule has 2 aliphatic heterocycles. The maximum atomic E-state index is 12.2. The van der Waals surface area contributed by atoms with Gasteiger partial charge in [0.15, 0.2) is 0 Å². The van der Waals surface area contributed by atoms with E-state index in [1.165, 1.54) is 12.8 Å². The van der Waals surface area contributed by atoms with Gasteiger partial charge in [-0.3, -0.25) is 4.79 Å². The molecule has 0 aromatic heterocycles. The molecular formula is C11H20N2O. The van der Waals surface area contributed by atoms with Crippen molar-refractivity contribution in [2.24, 2.45) is 11.8 Å². The molecule has 0 radical (unpaired) electrons. The second kappa shape index (κ2) is 3.89. The lowest BCUT2D eigenvalue weighted by molar-refractivity contribution is -0.136. The lowest BCUT2D eigenvalue weighted by Crippen LogP contribution is -2.40. The first-order valence-corrected chi connectivity index (χ1v) is 5.71. The van der Waals surface area contributed by atoms with E-state index in [1.54, 1.807) is 0 Å². The van der Waals surface area contributed by atoms with Crippen LogP contribution in [0.4, 0.5) is 0 Å². The summed E-state index contributed by atoms with van der Waals surface area (Å²) < 4.78 is 0. The third kappa shape index (κ3) is 1.65. The van der Waals surface area contributed by atoms with E-state index < -0.39 is 0 Å². The summed E-state index contributed by atoms with van der Waals surface area (Å²) in [6, 6.07) is 0.468. The molecule has 2 heterocycles. The van der Waals surface area contributed by atoms with Gasteiger partial charge in [0, 0.05) is 19.1 Å². The van der Waals surface area contributed by atoms with E-state index in [9.17, 15) is 4.79 Å². The highest BCUT2D eigenvalue weighted by Crippen LogP contribution is 2.24. The third-order valence-corrected chi connectivity index (χ3v) is 3.67. The molecule has 80 valence electrons. The molecular weight excluding hydrogens is 176 g/mol. The lowest BCUT2D eigenvalue weighted by Gasteiger charge is -2.26. The lowest BCUT2D eigenvalue weighted by atomic mass is 9.96. The average Bonchev–Trinajstić information content (AvgIpc) is 2.73. The largest absolute Gasteiger partial charge is 0.340 e. The molecule has 14 heavy (non-hydrogen) atoms. The van der Waals surface area contributed by atoms with E-state index in [0.29, 0.717) is 17.9 Å².